The highest BCUT2D eigenvalue weighted by Gasteiger charge is 2.04. The summed E-state index contributed by atoms with van der Waals surface area (Å²) < 4.78 is 0. The van der Waals surface area contributed by atoms with E-state index in [-0.39, 0.29) is 6.61 Å². The normalized spacial score (nSPS) is 12.4. The Bertz CT molecular complexity index is 253. The highest BCUT2D eigenvalue weighted by atomic mass is 16.2. The van der Waals surface area contributed by atoms with E-state index in [1.54, 1.807) is 0 Å². The molecule has 0 aliphatic carbocycles. The third kappa shape index (κ3) is 3.35. The molecule has 0 aliphatic rings. The van der Waals surface area contributed by atoms with Crippen LogP contribution in [0.3, 0.4) is 0 Å². The molecule has 1 heteroatoms. The summed E-state index contributed by atoms with van der Waals surface area (Å²) in [6.45, 7) is 3.88. The van der Waals surface area contributed by atoms with Crippen molar-refractivity contribution < 1.29 is 5.11 Å². The molecule has 0 aliphatic heterocycles. The van der Waals surface area contributed by atoms with Gasteiger partial charge in [0.25, 0.3) is 0 Å². The van der Waals surface area contributed by atoms with Gasteiger partial charge in [0.15, 0.2) is 0 Å². The lowest BCUT2D eigenvalue weighted by Gasteiger charge is -2.13. The molecule has 0 amide bonds. The average Bonchev–Trinajstić information content (AvgIpc) is 2.26. The van der Waals surface area contributed by atoms with E-state index in [1.807, 2.05) is 24.3 Å². The van der Waals surface area contributed by atoms with Gasteiger partial charge in [-0.25, -0.2) is 0 Å². The summed E-state index contributed by atoms with van der Waals surface area (Å²) in [7, 11) is 0. The molecule has 0 saturated carbocycles. The predicted octanol–water partition coefficient (Wildman–Crippen LogP) is 2.49. The predicted molar refractivity (Wildman–Crippen MR) is 58.1 cm³/mol. The van der Waals surface area contributed by atoms with E-state index in [9.17, 15) is 5.11 Å². The van der Waals surface area contributed by atoms with E-state index < -0.39 is 0 Å². The van der Waals surface area contributed by atoms with E-state index in [4.69, 9.17) is 0 Å². The first kappa shape index (κ1) is 11.0. The molecule has 0 radical (unpaired) electrons. The van der Waals surface area contributed by atoms with Crippen LogP contribution in [-0.4, -0.2) is 6.61 Å². The molecule has 0 saturated heterocycles. The van der Waals surface area contributed by atoms with Gasteiger partial charge in [0.05, 0.1) is 0 Å². The van der Waals surface area contributed by atoms with Crippen LogP contribution in [0.5, 0.6) is 0 Å². The Morgan fingerprint density at radius 2 is 1.93 bits per heavy atom. The lowest BCUT2D eigenvalue weighted by atomic mass is 9.94. The second-order valence-electron chi connectivity index (χ2n) is 3.45. The highest BCUT2D eigenvalue weighted by molar-refractivity contribution is 5.22. The number of allylic oxidation sites excluding steroid dienone is 1. The second kappa shape index (κ2) is 6.39. The van der Waals surface area contributed by atoms with Crippen LogP contribution in [0.2, 0.25) is 0 Å². The zero-order valence-corrected chi connectivity index (χ0v) is 8.49. The van der Waals surface area contributed by atoms with Crippen molar-refractivity contribution in [2.75, 3.05) is 6.61 Å². The number of unbranched alkanes of at least 4 members (excludes halogenated alkanes) is 1. The molecular formula is C13H17O-. The Balaban J connectivity index is 2.50. The number of benzene rings is 1. The second-order valence-corrected chi connectivity index (χ2v) is 3.45. The van der Waals surface area contributed by atoms with Crippen molar-refractivity contribution in [2.24, 2.45) is 0 Å². The Morgan fingerprint density at radius 1 is 1.21 bits per heavy atom. The van der Waals surface area contributed by atoms with Crippen LogP contribution < -0.4 is 5.11 Å². The maximum absolute atomic E-state index is 10.3. The minimum atomic E-state index is 0.0403. The summed E-state index contributed by atoms with van der Waals surface area (Å²) in [5.74, 6) is 0.405. The fraction of sp³-hybridized carbons (Fsp3) is 0.385. The molecule has 0 aromatic heterocycles. The van der Waals surface area contributed by atoms with Crippen LogP contribution in [0.4, 0.5) is 0 Å². The van der Waals surface area contributed by atoms with Crippen molar-refractivity contribution in [2.45, 2.75) is 25.2 Å². The van der Waals surface area contributed by atoms with Crippen LogP contribution in [0.1, 0.15) is 30.7 Å². The number of hydrogen-bond donors (Lipinski definition) is 0. The van der Waals surface area contributed by atoms with Crippen molar-refractivity contribution in [3.63, 3.8) is 0 Å². The number of rotatable bonds is 6. The van der Waals surface area contributed by atoms with Crippen molar-refractivity contribution >= 4 is 0 Å². The first-order valence-corrected chi connectivity index (χ1v) is 5.14. The smallest absolute Gasteiger partial charge is 0.00152 e. The van der Waals surface area contributed by atoms with Gasteiger partial charge in [0, 0.05) is 5.92 Å². The van der Waals surface area contributed by atoms with Crippen molar-refractivity contribution in [3.05, 3.63) is 48.6 Å². The van der Waals surface area contributed by atoms with Gasteiger partial charge in [-0.3, -0.25) is 0 Å². The highest BCUT2D eigenvalue weighted by Crippen LogP contribution is 2.22. The summed E-state index contributed by atoms with van der Waals surface area (Å²) >= 11 is 0. The standard InChI is InChI=1S/C13H17O/c1-2-12(8-6-7-11-14)13-9-4-3-5-10-13/h2-5,9-10,12H,1,6-8,11H2/q-1. The molecule has 0 bridgehead atoms. The maximum atomic E-state index is 10.3. The SMILES string of the molecule is C=CC(CCCC[O-])c1ccccc1. The topological polar surface area (TPSA) is 23.1 Å². The van der Waals surface area contributed by atoms with E-state index in [2.05, 4.69) is 18.7 Å². The van der Waals surface area contributed by atoms with E-state index in [0.29, 0.717) is 5.92 Å². The molecule has 1 aromatic rings. The molecule has 1 nitrogen and oxygen atoms in total. The Hall–Kier alpha value is -1.08. The minimum absolute atomic E-state index is 0.0403. The Labute approximate surface area is 86.1 Å². The molecule has 14 heavy (non-hydrogen) atoms. The van der Waals surface area contributed by atoms with E-state index >= 15 is 0 Å². The molecule has 0 N–H and O–H groups in total. The van der Waals surface area contributed by atoms with Gasteiger partial charge >= 0.3 is 0 Å². The lowest BCUT2D eigenvalue weighted by molar-refractivity contribution is -0.368. The van der Waals surface area contributed by atoms with Gasteiger partial charge in [-0.1, -0.05) is 49.2 Å². The fourth-order valence-corrected chi connectivity index (χ4v) is 1.59. The zero-order valence-electron chi connectivity index (χ0n) is 8.49. The monoisotopic (exact) mass is 189 g/mol. The molecule has 1 atom stereocenters. The van der Waals surface area contributed by atoms with Crippen molar-refractivity contribution in [1.29, 1.82) is 0 Å². The van der Waals surface area contributed by atoms with Gasteiger partial charge in [-0.2, -0.15) is 0 Å². The van der Waals surface area contributed by atoms with E-state index in [1.165, 1.54) is 5.56 Å². The molecular weight excluding hydrogens is 172 g/mol. The Kier molecular flexibility index (Phi) is 5.02. The van der Waals surface area contributed by atoms with Gasteiger partial charge in [0.1, 0.15) is 0 Å². The van der Waals surface area contributed by atoms with Gasteiger partial charge in [-0.15, -0.1) is 13.2 Å². The largest absolute Gasteiger partial charge is 0.854 e. The maximum Gasteiger partial charge on any atom is 0.00152 e. The molecule has 1 aromatic carbocycles. The van der Waals surface area contributed by atoms with Crippen LogP contribution in [0.25, 0.3) is 0 Å². The van der Waals surface area contributed by atoms with Crippen LogP contribution in [0, 0.1) is 0 Å². The van der Waals surface area contributed by atoms with Gasteiger partial charge in [-0.05, 0) is 12.0 Å². The molecule has 0 fully saturated rings. The lowest BCUT2D eigenvalue weighted by Crippen LogP contribution is -2.05. The molecule has 0 spiro atoms. The van der Waals surface area contributed by atoms with Crippen molar-refractivity contribution in [1.82, 2.24) is 0 Å². The molecule has 1 rings (SSSR count). The van der Waals surface area contributed by atoms with Crippen LogP contribution in [0.15, 0.2) is 43.0 Å². The Morgan fingerprint density at radius 3 is 2.50 bits per heavy atom. The molecule has 0 heterocycles. The average molecular weight is 189 g/mol. The summed E-state index contributed by atoms with van der Waals surface area (Å²) in [6.07, 6.45) is 4.78. The summed E-state index contributed by atoms with van der Waals surface area (Å²) in [5.41, 5.74) is 1.30. The summed E-state index contributed by atoms with van der Waals surface area (Å²) in [4.78, 5) is 0. The third-order valence-corrected chi connectivity index (χ3v) is 2.42. The van der Waals surface area contributed by atoms with Gasteiger partial charge < -0.3 is 5.11 Å². The zero-order chi connectivity index (χ0) is 10.2. The van der Waals surface area contributed by atoms with Gasteiger partial charge in [0.2, 0.25) is 0 Å². The molecule has 1 unspecified atom stereocenters. The number of hydrogen-bond acceptors (Lipinski definition) is 1. The van der Waals surface area contributed by atoms with Crippen LogP contribution >= 0.6 is 0 Å². The third-order valence-electron chi connectivity index (χ3n) is 2.42. The summed E-state index contributed by atoms with van der Waals surface area (Å²) in [6, 6.07) is 10.3. The van der Waals surface area contributed by atoms with E-state index in [0.717, 1.165) is 19.3 Å². The molecule has 76 valence electrons. The first-order valence-electron chi connectivity index (χ1n) is 5.14. The quantitative estimate of drug-likeness (QED) is 0.498. The first-order chi connectivity index (χ1) is 6.88. The van der Waals surface area contributed by atoms with Crippen LogP contribution in [-0.2, 0) is 0 Å². The van der Waals surface area contributed by atoms with Crippen molar-refractivity contribution in [3.8, 4) is 0 Å². The summed E-state index contributed by atoms with van der Waals surface area (Å²) in [5, 5.41) is 10.3. The fourth-order valence-electron chi connectivity index (χ4n) is 1.59. The minimum Gasteiger partial charge on any atom is -0.854 e.